The number of halogens is 3. The minimum Gasteiger partial charge on any atom is -0.326 e. The Labute approximate surface area is 73.6 Å². The maximum Gasteiger partial charge on any atom is 0.264 e. The molecule has 0 radical (unpaired) electrons. The summed E-state index contributed by atoms with van der Waals surface area (Å²) in [4.78, 5) is 0.579. The third kappa shape index (κ3) is 2.39. The molecule has 1 rings (SSSR count). The molecule has 5 heteroatoms. The highest BCUT2D eigenvalue weighted by Crippen LogP contribution is 2.26. The zero-order valence-corrected chi connectivity index (χ0v) is 7.22. The molecule has 0 aromatic carbocycles. The van der Waals surface area contributed by atoms with Gasteiger partial charge in [-0.15, -0.1) is 23.7 Å². The van der Waals surface area contributed by atoms with Gasteiger partial charge in [-0.2, -0.15) is 0 Å². The van der Waals surface area contributed by atoms with Crippen molar-refractivity contribution in [2.75, 3.05) is 0 Å². The van der Waals surface area contributed by atoms with Crippen molar-refractivity contribution in [3.05, 3.63) is 21.9 Å². The highest BCUT2D eigenvalue weighted by molar-refractivity contribution is 7.10. The summed E-state index contributed by atoms with van der Waals surface area (Å²) in [7, 11) is 0. The number of alkyl halides is 2. The second kappa shape index (κ2) is 4.64. The van der Waals surface area contributed by atoms with Crippen molar-refractivity contribution in [1.82, 2.24) is 0 Å². The first-order valence-electron chi connectivity index (χ1n) is 2.80. The van der Waals surface area contributed by atoms with Crippen LogP contribution in [0.5, 0.6) is 0 Å². The second-order valence-electron chi connectivity index (χ2n) is 1.80. The van der Waals surface area contributed by atoms with Crippen LogP contribution in [0.1, 0.15) is 16.9 Å². The maximum atomic E-state index is 12.0. The first-order chi connectivity index (χ1) is 4.75. The fourth-order valence-corrected chi connectivity index (χ4v) is 1.48. The lowest BCUT2D eigenvalue weighted by atomic mass is 10.3. The van der Waals surface area contributed by atoms with Gasteiger partial charge in [-0.05, 0) is 11.4 Å². The fraction of sp³-hybridized carbons (Fsp3) is 0.333. The number of nitrogens with two attached hydrogens (primary N) is 1. The SMILES string of the molecule is Cl.NCc1sccc1C(F)F. The van der Waals surface area contributed by atoms with Crippen LogP contribution >= 0.6 is 23.7 Å². The van der Waals surface area contributed by atoms with Crippen molar-refractivity contribution in [3.8, 4) is 0 Å². The molecule has 0 aliphatic carbocycles. The molecule has 0 aliphatic heterocycles. The molecule has 11 heavy (non-hydrogen) atoms. The number of rotatable bonds is 2. The average molecular weight is 200 g/mol. The summed E-state index contributed by atoms with van der Waals surface area (Å²) in [5.41, 5.74) is 5.29. The van der Waals surface area contributed by atoms with E-state index in [9.17, 15) is 8.78 Å². The van der Waals surface area contributed by atoms with Gasteiger partial charge in [0.1, 0.15) is 0 Å². The maximum absolute atomic E-state index is 12.0. The largest absolute Gasteiger partial charge is 0.326 e. The molecule has 1 aromatic rings. The summed E-state index contributed by atoms with van der Waals surface area (Å²) in [6.07, 6.45) is -2.38. The van der Waals surface area contributed by atoms with Crippen LogP contribution in [0.15, 0.2) is 11.4 Å². The van der Waals surface area contributed by atoms with Crippen LogP contribution in [0, 0.1) is 0 Å². The zero-order valence-electron chi connectivity index (χ0n) is 5.59. The van der Waals surface area contributed by atoms with E-state index in [1.165, 1.54) is 17.4 Å². The van der Waals surface area contributed by atoms with Gasteiger partial charge in [-0.25, -0.2) is 8.78 Å². The topological polar surface area (TPSA) is 26.0 Å². The molecule has 1 nitrogen and oxygen atoms in total. The molecule has 0 amide bonds. The Morgan fingerprint density at radius 3 is 2.55 bits per heavy atom. The lowest BCUT2D eigenvalue weighted by Gasteiger charge is -1.96. The van der Waals surface area contributed by atoms with Crippen LogP contribution in [0.25, 0.3) is 0 Å². The molecule has 0 spiro atoms. The van der Waals surface area contributed by atoms with Crippen LogP contribution in [-0.4, -0.2) is 0 Å². The molecule has 0 saturated carbocycles. The zero-order chi connectivity index (χ0) is 7.56. The second-order valence-corrected chi connectivity index (χ2v) is 2.80. The number of hydrogen-bond donors (Lipinski definition) is 1. The van der Waals surface area contributed by atoms with E-state index >= 15 is 0 Å². The first kappa shape index (κ1) is 10.8. The number of hydrogen-bond acceptors (Lipinski definition) is 2. The molecular weight excluding hydrogens is 192 g/mol. The smallest absolute Gasteiger partial charge is 0.264 e. The quantitative estimate of drug-likeness (QED) is 0.779. The van der Waals surface area contributed by atoms with E-state index in [-0.39, 0.29) is 24.5 Å². The normalized spacial score (nSPS) is 9.82. The summed E-state index contributed by atoms with van der Waals surface area (Å²) in [5.74, 6) is 0. The van der Waals surface area contributed by atoms with Crippen LogP contribution in [0.2, 0.25) is 0 Å². The molecular formula is C6H8ClF2NS. The van der Waals surface area contributed by atoms with Crippen molar-refractivity contribution in [1.29, 1.82) is 0 Å². The standard InChI is InChI=1S/C6H7F2NS.ClH/c7-6(8)4-1-2-10-5(4)3-9;/h1-2,6H,3,9H2;1H. The third-order valence-electron chi connectivity index (χ3n) is 1.20. The van der Waals surface area contributed by atoms with Gasteiger partial charge in [0.2, 0.25) is 0 Å². The first-order valence-corrected chi connectivity index (χ1v) is 3.68. The van der Waals surface area contributed by atoms with Gasteiger partial charge < -0.3 is 5.73 Å². The fourth-order valence-electron chi connectivity index (χ4n) is 0.711. The number of thiophene rings is 1. The summed E-state index contributed by atoms with van der Waals surface area (Å²) in [6, 6.07) is 1.41. The van der Waals surface area contributed by atoms with E-state index in [0.717, 1.165) is 0 Å². The van der Waals surface area contributed by atoms with Crippen LogP contribution < -0.4 is 5.73 Å². The lowest BCUT2D eigenvalue weighted by molar-refractivity contribution is 0.151. The molecule has 1 aromatic heterocycles. The molecule has 0 bridgehead atoms. The van der Waals surface area contributed by atoms with Gasteiger partial charge in [0, 0.05) is 17.0 Å². The summed E-state index contributed by atoms with van der Waals surface area (Å²) < 4.78 is 24.0. The molecule has 64 valence electrons. The molecule has 0 aliphatic rings. The molecule has 0 saturated heterocycles. The van der Waals surface area contributed by atoms with Gasteiger partial charge in [0.15, 0.2) is 0 Å². The van der Waals surface area contributed by atoms with Gasteiger partial charge >= 0.3 is 0 Å². The Bertz CT molecular complexity index is 214. The van der Waals surface area contributed by atoms with Crippen molar-refractivity contribution >= 4 is 23.7 Å². The van der Waals surface area contributed by atoms with Crippen LogP contribution in [-0.2, 0) is 6.54 Å². The monoisotopic (exact) mass is 199 g/mol. The predicted octanol–water partition coefficient (Wildman–Crippen LogP) is 2.57. The molecule has 0 unspecified atom stereocenters. The predicted molar refractivity (Wildman–Crippen MR) is 44.4 cm³/mol. The molecule has 1 heterocycles. The Morgan fingerprint density at radius 1 is 1.55 bits per heavy atom. The Morgan fingerprint density at radius 2 is 2.18 bits per heavy atom. The van der Waals surface area contributed by atoms with Crippen LogP contribution in [0.4, 0.5) is 8.78 Å². The Hall–Kier alpha value is -0.190. The minimum absolute atomic E-state index is 0. The van der Waals surface area contributed by atoms with Crippen molar-refractivity contribution < 1.29 is 8.78 Å². The lowest BCUT2D eigenvalue weighted by Crippen LogP contribution is -1.96. The van der Waals surface area contributed by atoms with E-state index < -0.39 is 6.43 Å². The molecule has 2 N–H and O–H groups in total. The highest BCUT2D eigenvalue weighted by atomic mass is 35.5. The van der Waals surface area contributed by atoms with E-state index in [1.54, 1.807) is 5.38 Å². The third-order valence-corrected chi connectivity index (χ3v) is 2.16. The van der Waals surface area contributed by atoms with E-state index in [0.29, 0.717) is 4.88 Å². The van der Waals surface area contributed by atoms with Gasteiger partial charge in [0.05, 0.1) is 0 Å². The molecule has 0 fully saturated rings. The van der Waals surface area contributed by atoms with E-state index in [4.69, 9.17) is 5.73 Å². The van der Waals surface area contributed by atoms with Gasteiger partial charge in [-0.3, -0.25) is 0 Å². The van der Waals surface area contributed by atoms with Crippen LogP contribution in [0.3, 0.4) is 0 Å². The Kier molecular flexibility index (Phi) is 4.56. The van der Waals surface area contributed by atoms with Crippen molar-refractivity contribution in [2.45, 2.75) is 13.0 Å². The van der Waals surface area contributed by atoms with E-state index in [2.05, 4.69) is 0 Å². The summed E-state index contributed by atoms with van der Waals surface area (Å²) in [5, 5.41) is 1.63. The van der Waals surface area contributed by atoms with Crippen molar-refractivity contribution in [3.63, 3.8) is 0 Å². The Balaban J connectivity index is 0.000001000. The summed E-state index contributed by atoms with van der Waals surface area (Å²) >= 11 is 1.27. The molecule has 0 atom stereocenters. The van der Waals surface area contributed by atoms with E-state index in [1.807, 2.05) is 0 Å². The minimum atomic E-state index is -2.38. The average Bonchev–Trinajstić information content (AvgIpc) is 2.33. The van der Waals surface area contributed by atoms with Crippen molar-refractivity contribution in [2.24, 2.45) is 5.73 Å². The highest BCUT2D eigenvalue weighted by Gasteiger charge is 2.11. The van der Waals surface area contributed by atoms with Gasteiger partial charge in [-0.1, -0.05) is 0 Å². The summed E-state index contributed by atoms with van der Waals surface area (Å²) in [6.45, 7) is 0.206. The van der Waals surface area contributed by atoms with Gasteiger partial charge in [0.25, 0.3) is 6.43 Å².